The first-order chi connectivity index (χ1) is 7.63. The number of rotatable bonds is 5. The maximum atomic E-state index is 11.8. The van der Waals surface area contributed by atoms with Crippen LogP contribution < -0.4 is 0 Å². The van der Waals surface area contributed by atoms with Crippen LogP contribution in [0.4, 0.5) is 0 Å². The third kappa shape index (κ3) is 4.47. The smallest absolute Gasteiger partial charge is 0.236 e. The molecule has 1 fully saturated rings. The summed E-state index contributed by atoms with van der Waals surface area (Å²) in [6, 6.07) is 0. The van der Waals surface area contributed by atoms with Crippen LogP contribution in [0.5, 0.6) is 0 Å². The summed E-state index contributed by atoms with van der Waals surface area (Å²) >= 11 is 0. The number of amides is 1. The summed E-state index contributed by atoms with van der Waals surface area (Å²) < 4.78 is 0. The Balaban J connectivity index is 2.23. The predicted molar refractivity (Wildman–Crippen MR) is 61.0 cm³/mol. The molecule has 0 aromatic heterocycles. The lowest BCUT2D eigenvalue weighted by molar-refractivity contribution is -0.134. The molecule has 1 aliphatic rings. The van der Waals surface area contributed by atoms with Crippen molar-refractivity contribution in [3.05, 3.63) is 0 Å². The molecule has 1 rings (SSSR count). The van der Waals surface area contributed by atoms with Crippen molar-refractivity contribution in [1.29, 1.82) is 0 Å². The van der Waals surface area contributed by atoms with Gasteiger partial charge in [-0.05, 0) is 26.3 Å². The first-order valence-electron chi connectivity index (χ1n) is 5.88. The van der Waals surface area contributed by atoms with E-state index < -0.39 is 0 Å². The van der Waals surface area contributed by atoms with E-state index in [9.17, 15) is 9.90 Å². The van der Waals surface area contributed by atoms with E-state index in [1.54, 1.807) is 0 Å². The van der Waals surface area contributed by atoms with Crippen molar-refractivity contribution in [3.63, 3.8) is 0 Å². The van der Waals surface area contributed by atoms with E-state index in [1.807, 2.05) is 16.8 Å². The molecule has 0 aromatic rings. The van der Waals surface area contributed by atoms with Gasteiger partial charge in [0.2, 0.25) is 5.91 Å². The number of aliphatic hydroxyl groups is 2. The van der Waals surface area contributed by atoms with Gasteiger partial charge in [-0.2, -0.15) is 0 Å². The zero-order valence-electron chi connectivity index (χ0n) is 9.93. The molecule has 1 amide bonds. The van der Waals surface area contributed by atoms with Crippen molar-refractivity contribution in [1.82, 2.24) is 9.80 Å². The van der Waals surface area contributed by atoms with Crippen LogP contribution in [0.25, 0.3) is 0 Å². The Morgan fingerprint density at radius 1 is 1.44 bits per heavy atom. The quantitative estimate of drug-likeness (QED) is 0.654. The molecule has 5 nitrogen and oxygen atoms in total. The molecule has 0 saturated carbocycles. The van der Waals surface area contributed by atoms with Crippen LogP contribution in [0.3, 0.4) is 0 Å². The lowest BCUT2D eigenvalue weighted by atomic mass is 10.1. The Bertz CT molecular complexity index is 215. The fourth-order valence-electron chi connectivity index (χ4n) is 1.87. The molecule has 1 aliphatic heterocycles. The molecule has 1 heterocycles. The first-order valence-corrected chi connectivity index (χ1v) is 5.88. The maximum absolute atomic E-state index is 11.8. The molecule has 0 unspecified atom stereocenters. The van der Waals surface area contributed by atoms with E-state index in [4.69, 9.17) is 5.11 Å². The monoisotopic (exact) mass is 230 g/mol. The molecule has 0 aromatic carbocycles. The van der Waals surface area contributed by atoms with Crippen molar-refractivity contribution in [2.75, 3.05) is 39.8 Å². The predicted octanol–water partition coefficient (Wildman–Crippen LogP) is -0.716. The molecule has 0 aliphatic carbocycles. The summed E-state index contributed by atoms with van der Waals surface area (Å²) in [5, 5.41) is 18.0. The normalized spacial score (nSPS) is 18.1. The lowest BCUT2D eigenvalue weighted by Crippen LogP contribution is -2.44. The highest BCUT2D eigenvalue weighted by molar-refractivity contribution is 5.78. The molecule has 0 atom stereocenters. The highest BCUT2D eigenvalue weighted by Crippen LogP contribution is 2.10. The molecular formula is C11H22N2O3. The summed E-state index contributed by atoms with van der Waals surface area (Å²) in [4.78, 5) is 15.5. The van der Waals surface area contributed by atoms with Gasteiger partial charge in [0.15, 0.2) is 0 Å². The van der Waals surface area contributed by atoms with Crippen LogP contribution in [-0.2, 0) is 4.79 Å². The zero-order chi connectivity index (χ0) is 12.0. The maximum Gasteiger partial charge on any atom is 0.236 e. The SMILES string of the molecule is CN(CCCO)CC(=O)N1CCC(O)CC1. The molecule has 94 valence electrons. The van der Waals surface area contributed by atoms with Gasteiger partial charge in [0.25, 0.3) is 0 Å². The Morgan fingerprint density at radius 2 is 2.06 bits per heavy atom. The van der Waals surface area contributed by atoms with Crippen molar-refractivity contribution in [2.45, 2.75) is 25.4 Å². The van der Waals surface area contributed by atoms with E-state index in [1.165, 1.54) is 0 Å². The number of hydrogen-bond acceptors (Lipinski definition) is 4. The van der Waals surface area contributed by atoms with Crippen molar-refractivity contribution in [3.8, 4) is 0 Å². The van der Waals surface area contributed by atoms with Crippen molar-refractivity contribution < 1.29 is 15.0 Å². The van der Waals surface area contributed by atoms with Crippen LogP contribution in [0.2, 0.25) is 0 Å². The third-order valence-electron chi connectivity index (χ3n) is 2.92. The molecule has 0 bridgehead atoms. The highest BCUT2D eigenvalue weighted by atomic mass is 16.3. The topological polar surface area (TPSA) is 64.0 Å². The Labute approximate surface area is 96.7 Å². The van der Waals surface area contributed by atoms with Gasteiger partial charge in [0.05, 0.1) is 12.6 Å². The van der Waals surface area contributed by atoms with Crippen molar-refractivity contribution in [2.24, 2.45) is 0 Å². The van der Waals surface area contributed by atoms with Gasteiger partial charge in [-0.15, -0.1) is 0 Å². The zero-order valence-corrected chi connectivity index (χ0v) is 9.93. The number of likely N-dealkylation sites (N-methyl/N-ethyl adjacent to an activating group) is 1. The average molecular weight is 230 g/mol. The first kappa shape index (κ1) is 13.4. The van der Waals surface area contributed by atoms with Crippen molar-refractivity contribution >= 4 is 5.91 Å². The second-order valence-corrected chi connectivity index (χ2v) is 4.43. The molecule has 2 N–H and O–H groups in total. The number of likely N-dealkylation sites (tertiary alicyclic amines) is 1. The van der Waals surface area contributed by atoms with E-state index in [0.717, 1.165) is 6.54 Å². The number of hydrogen-bond donors (Lipinski definition) is 2. The molecule has 0 radical (unpaired) electrons. The minimum absolute atomic E-state index is 0.118. The van der Waals surface area contributed by atoms with Crippen LogP contribution in [0.1, 0.15) is 19.3 Å². The lowest BCUT2D eigenvalue weighted by Gasteiger charge is -2.31. The molecular weight excluding hydrogens is 208 g/mol. The minimum Gasteiger partial charge on any atom is -0.396 e. The number of aliphatic hydroxyl groups excluding tert-OH is 2. The largest absolute Gasteiger partial charge is 0.396 e. The van der Waals surface area contributed by atoms with Crippen LogP contribution in [0, 0.1) is 0 Å². The van der Waals surface area contributed by atoms with Crippen LogP contribution in [0.15, 0.2) is 0 Å². The van der Waals surface area contributed by atoms with E-state index >= 15 is 0 Å². The summed E-state index contributed by atoms with van der Waals surface area (Å²) in [6.45, 7) is 2.62. The number of carbonyl (C=O) groups is 1. The van der Waals surface area contributed by atoms with Gasteiger partial charge < -0.3 is 15.1 Å². The Kier molecular flexibility index (Phi) is 5.73. The Hall–Kier alpha value is -0.650. The summed E-state index contributed by atoms with van der Waals surface area (Å²) in [5.74, 6) is 0.118. The molecule has 0 spiro atoms. The van der Waals surface area contributed by atoms with E-state index in [2.05, 4.69) is 0 Å². The number of piperidine rings is 1. The van der Waals surface area contributed by atoms with Gasteiger partial charge in [-0.1, -0.05) is 0 Å². The fourth-order valence-corrected chi connectivity index (χ4v) is 1.87. The third-order valence-corrected chi connectivity index (χ3v) is 2.92. The van der Waals surface area contributed by atoms with Gasteiger partial charge >= 0.3 is 0 Å². The fraction of sp³-hybridized carbons (Fsp3) is 0.909. The Morgan fingerprint density at radius 3 is 2.62 bits per heavy atom. The second kappa shape index (κ2) is 6.83. The standard InChI is InChI=1S/C11H22N2O3/c1-12(5-2-8-14)9-11(16)13-6-3-10(15)4-7-13/h10,14-15H,2-9H2,1H3. The minimum atomic E-state index is -0.240. The van der Waals surface area contributed by atoms with Crippen LogP contribution >= 0.6 is 0 Å². The van der Waals surface area contributed by atoms with Gasteiger partial charge in [0, 0.05) is 26.2 Å². The summed E-state index contributed by atoms with van der Waals surface area (Å²) in [6.07, 6.45) is 1.83. The van der Waals surface area contributed by atoms with E-state index in [-0.39, 0.29) is 18.6 Å². The average Bonchev–Trinajstić information content (AvgIpc) is 2.27. The molecule has 16 heavy (non-hydrogen) atoms. The van der Waals surface area contributed by atoms with Crippen LogP contribution in [-0.4, -0.2) is 71.9 Å². The van der Waals surface area contributed by atoms with Gasteiger partial charge in [0.1, 0.15) is 0 Å². The summed E-state index contributed by atoms with van der Waals surface area (Å²) in [7, 11) is 1.88. The van der Waals surface area contributed by atoms with Gasteiger partial charge in [-0.3, -0.25) is 9.69 Å². The number of carbonyl (C=O) groups excluding carboxylic acids is 1. The second-order valence-electron chi connectivity index (χ2n) is 4.43. The van der Waals surface area contributed by atoms with E-state index in [0.29, 0.717) is 38.9 Å². The molecule has 1 saturated heterocycles. The molecule has 5 heteroatoms. The van der Waals surface area contributed by atoms with Gasteiger partial charge in [-0.25, -0.2) is 0 Å². The highest BCUT2D eigenvalue weighted by Gasteiger charge is 2.21. The summed E-state index contributed by atoms with van der Waals surface area (Å²) in [5.41, 5.74) is 0. The number of nitrogens with zero attached hydrogens (tertiary/aromatic N) is 2.